The number of hydrogen-bond donors (Lipinski definition) is 7. The van der Waals surface area contributed by atoms with Gasteiger partial charge in [0.2, 0.25) is 17.7 Å². The van der Waals surface area contributed by atoms with Gasteiger partial charge in [0.05, 0.1) is 18.5 Å². The Morgan fingerprint density at radius 3 is 2.09 bits per heavy atom. The maximum Gasteiger partial charge on any atom is 0.326 e. The van der Waals surface area contributed by atoms with Gasteiger partial charge in [-0.1, -0.05) is 34.1 Å². The van der Waals surface area contributed by atoms with Crippen molar-refractivity contribution in [2.45, 2.75) is 77.7 Å². The molecule has 0 fully saturated rings. The molecule has 12 heteroatoms. The Morgan fingerprint density at radius 1 is 1.03 bits per heavy atom. The molecular weight excluding hydrogens is 432 g/mol. The zero-order valence-electron chi connectivity index (χ0n) is 19.7. The number of carbonyl (C=O) groups is 4. The zero-order valence-corrected chi connectivity index (χ0v) is 19.7. The van der Waals surface area contributed by atoms with E-state index in [1.165, 1.54) is 19.4 Å². The topological polar surface area (TPSA) is 200 Å². The van der Waals surface area contributed by atoms with Crippen molar-refractivity contribution in [2.24, 2.45) is 17.6 Å². The Kier molecular flexibility index (Phi) is 11.0. The average molecular weight is 469 g/mol. The molecule has 0 saturated carbocycles. The largest absolute Gasteiger partial charge is 0.480 e. The Labute approximate surface area is 193 Å². The van der Waals surface area contributed by atoms with Gasteiger partial charge in [0, 0.05) is 18.3 Å². The van der Waals surface area contributed by atoms with Gasteiger partial charge in [-0.05, 0) is 18.8 Å². The summed E-state index contributed by atoms with van der Waals surface area (Å²) in [5.74, 6) is -3.91. The molecule has 186 valence electrons. The van der Waals surface area contributed by atoms with Crippen molar-refractivity contribution in [3.63, 3.8) is 0 Å². The van der Waals surface area contributed by atoms with Crippen LogP contribution in [-0.4, -0.2) is 74.1 Å². The van der Waals surface area contributed by atoms with Crippen LogP contribution < -0.4 is 21.7 Å². The second-order valence-corrected chi connectivity index (χ2v) is 8.55. The summed E-state index contributed by atoms with van der Waals surface area (Å²) >= 11 is 0. The fraction of sp³-hybridized carbons (Fsp3) is 0.667. The Morgan fingerprint density at radius 2 is 1.64 bits per heavy atom. The third kappa shape index (κ3) is 8.46. The van der Waals surface area contributed by atoms with Crippen LogP contribution in [0.5, 0.6) is 0 Å². The summed E-state index contributed by atoms with van der Waals surface area (Å²) in [5.41, 5.74) is 6.43. The van der Waals surface area contributed by atoms with E-state index in [0.29, 0.717) is 12.1 Å². The van der Waals surface area contributed by atoms with Crippen LogP contribution in [0.2, 0.25) is 0 Å². The number of rotatable bonds is 13. The van der Waals surface area contributed by atoms with Gasteiger partial charge in [-0.2, -0.15) is 0 Å². The van der Waals surface area contributed by atoms with E-state index < -0.39 is 59.9 Å². The summed E-state index contributed by atoms with van der Waals surface area (Å²) < 4.78 is 0. The molecule has 3 amide bonds. The summed E-state index contributed by atoms with van der Waals surface area (Å²) in [7, 11) is 0. The van der Waals surface area contributed by atoms with Crippen molar-refractivity contribution in [1.29, 1.82) is 0 Å². The minimum absolute atomic E-state index is 0.0190. The van der Waals surface area contributed by atoms with E-state index in [2.05, 4.69) is 25.9 Å². The van der Waals surface area contributed by atoms with E-state index in [1.807, 2.05) is 6.92 Å². The van der Waals surface area contributed by atoms with Crippen LogP contribution in [0, 0.1) is 11.8 Å². The van der Waals surface area contributed by atoms with E-state index in [1.54, 1.807) is 20.8 Å². The molecule has 0 bridgehead atoms. The van der Waals surface area contributed by atoms with Gasteiger partial charge >= 0.3 is 5.97 Å². The molecule has 33 heavy (non-hydrogen) atoms. The maximum atomic E-state index is 12.9. The van der Waals surface area contributed by atoms with Crippen molar-refractivity contribution < 1.29 is 29.4 Å². The van der Waals surface area contributed by atoms with Crippen molar-refractivity contribution in [3.05, 3.63) is 18.2 Å². The smallest absolute Gasteiger partial charge is 0.326 e. The number of nitrogens with zero attached hydrogens (tertiary/aromatic N) is 1. The molecule has 8 N–H and O–H groups in total. The fourth-order valence-corrected chi connectivity index (χ4v) is 3.02. The molecule has 0 radical (unpaired) electrons. The number of aromatic nitrogens is 2. The first-order valence-corrected chi connectivity index (χ1v) is 10.9. The first-order chi connectivity index (χ1) is 15.4. The fourth-order valence-electron chi connectivity index (χ4n) is 3.02. The summed E-state index contributed by atoms with van der Waals surface area (Å²) in [6.07, 6.45) is 2.21. The average Bonchev–Trinajstić information content (AvgIpc) is 3.25. The molecular formula is C21H36N6O6. The second kappa shape index (κ2) is 12.9. The normalized spacial score (nSPS) is 16.7. The molecule has 12 nitrogen and oxygen atoms in total. The van der Waals surface area contributed by atoms with Crippen molar-refractivity contribution in [1.82, 2.24) is 25.9 Å². The number of carboxylic acids is 1. The monoisotopic (exact) mass is 468 g/mol. The highest BCUT2D eigenvalue weighted by molar-refractivity contribution is 5.94. The van der Waals surface area contributed by atoms with E-state index in [-0.39, 0.29) is 12.3 Å². The SMILES string of the molecule is CCC(C)C(N)C(=O)NC(C(=O)NC(Cc1cnc[nH]1)C(=O)NC(C(=O)O)C(C)C)C(C)O. The number of carboxylic acid groups (broad SMARTS) is 1. The standard InChI is InChI=1S/C21H36N6O6/c1-6-11(4)15(22)19(30)27-17(12(5)28)20(31)25-14(7-13-8-23-9-24-13)18(29)26-16(10(2)3)21(32)33/h8-12,14-17,28H,6-7,22H2,1-5H3,(H,23,24)(H,25,31)(H,26,29)(H,27,30)(H,32,33). The molecule has 1 aromatic heterocycles. The Bertz CT molecular complexity index is 797. The molecule has 0 saturated heterocycles. The van der Waals surface area contributed by atoms with Gasteiger partial charge in [-0.25, -0.2) is 9.78 Å². The number of aliphatic hydroxyl groups excluding tert-OH is 1. The second-order valence-electron chi connectivity index (χ2n) is 8.55. The number of nitrogens with one attached hydrogen (secondary N) is 4. The molecule has 6 unspecified atom stereocenters. The number of hydrogen-bond acceptors (Lipinski definition) is 7. The van der Waals surface area contributed by atoms with Gasteiger partial charge in [-0.15, -0.1) is 0 Å². The number of carbonyl (C=O) groups excluding carboxylic acids is 3. The van der Waals surface area contributed by atoms with E-state index in [9.17, 15) is 29.4 Å². The predicted octanol–water partition coefficient (Wildman–Crippen LogP) is -1.10. The van der Waals surface area contributed by atoms with Crippen LogP contribution in [0.4, 0.5) is 0 Å². The van der Waals surface area contributed by atoms with Gasteiger partial charge in [0.15, 0.2) is 0 Å². The first-order valence-electron chi connectivity index (χ1n) is 10.9. The minimum Gasteiger partial charge on any atom is -0.480 e. The lowest BCUT2D eigenvalue weighted by molar-refractivity contribution is -0.143. The van der Waals surface area contributed by atoms with Crippen LogP contribution in [0.25, 0.3) is 0 Å². The van der Waals surface area contributed by atoms with E-state index in [4.69, 9.17) is 5.73 Å². The molecule has 0 aromatic carbocycles. The first kappa shape index (κ1) is 28.0. The zero-order chi connectivity index (χ0) is 25.3. The molecule has 0 spiro atoms. The van der Waals surface area contributed by atoms with Crippen LogP contribution in [-0.2, 0) is 25.6 Å². The third-order valence-corrected chi connectivity index (χ3v) is 5.46. The number of H-pyrrole nitrogens is 1. The predicted molar refractivity (Wildman–Crippen MR) is 120 cm³/mol. The number of aliphatic carboxylic acids is 1. The van der Waals surface area contributed by atoms with Gasteiger partial charge in [0.25, 0.3) is 0 Å². The van der Waals surface area contributed by atoms with E-state index >= 15 is 0 Å². The molecule has 0 aliphatic carbocycles. The molecule has 1 heterocycles. The van der Waals surface area contributed by atoms with Crippen LogP contribution >= 0.6 is 0 Å². The third-order valence-electron chi connectivity index (χ3n) is 5.46. The highest BCUT2D eigenvalue weighted by atomic mass is 16.4. The lowest BCUT2D eigenvalue weighted by Gasteiger charge is -2.27. The highest BCUT2D eigenvalue weighted by Crippen LogP contribution is 2.08. The summed E-state index contributed by atoms with van der Waals surface area (Å²) in [6.45, 7) is 8.27. The van der Waals surface area contributed by atoms with Gasteiger partial charge < -0.3 is 36.9 Å². The molecule has 0 aliphatic heterocycles. The minimum atomic E-state index is -1.37. The lowest BCUT2D eigenvalue weighted by Crippen LogP contribution is -2.60. The van der Waals surface area contributed by atoms with Crippen molar-refractivity contribution >= 4 is 23.7 Å². The van der Waals surface area contributed by atoms with Crippen molar-refractivity contribution in [3.8, 4) is 0 Å². The summed E-state index contributed by atoms with van der Waals surface area (Å²) in [5, 5.41) is 26.8. The maximum absolute atomic E-state index is 12.9. The lowest BCUT2D eigenvalue weighted by atomic mass is 9.98. The Hall–Kier alpha value is -2.99. The molecule has 1 rings (SSSR count). The molecule has 0 aliphatic rings. The highest BCUT2D eigenvalue weighted by Gasteiger charge is 2.33. The van der Waals surface area contributed by atoms with Crippen LogP contribution in [0.1, 0.15) is 46.7 Å². The number of amides is 3. The van der Waals surface area contributed by atoms with Gasteiger partial charge in [-0.3, -0.25) is 14.4 Å². The number of aliphatic hydroxyl groups is 1. The molecule has 6 atom stereocenters. The van der Waals surface area contributed by atoms with Gasteiger partial charge in [0.1, 0.15) is 18.1 Å². The van der Waals surface area contributed by atoms with Crippen LogP contribution in [0.15, 0.2) is 12.5 Å². The number of aromatic amines is 1. The van der Waals surface area contributed by atoms with Crippen molar-refractivity contribution in [2.75, 3.05) is 0 Å². The summed E-state index contributed by atoms with van der Waals surface area (Å²) in [6, 6.07) is -4.61. The van der Waals surface area contributed by atoms with E-state index in [0.717, 1.165) is 0 Å². The molecule has 1 aromatic rings. The van der Waals surface area contributed by atoms with Crippen LogP contribution in [0.3, 0.4) is 0 Å². The summed E-state index contributed by atoms with van der Waals surface area (Å²) in [4.78, 5) is 56.4. The number of imidazole rings is 1. The quantitative estimate of drug-likeness (QED) is 0.189. The number of nitrogens with two attached hydrogens (primary N) is 1. The Balaban J connectivity index is 3.05.